The van der Waals surface area contributed by atoms with Crippen LogP contribution in [-0.4, -0.2) is 80.5 Å². The summed E-state index contributed by atoms with van der Waals surface area (Å²) in [7, 11) is 5.85. The number of benzene rings is 1. The first-order valence-corrected chi connectivity index (χ1v) is 18.1. The number of carbonyl (C=O) groups excluding carboxylic acids is 3. The molecule has 9 nitrogen and oxygen atoms in total. The van der Waals surface area contributed by atoms with E-state index in [4.69, 9.17) is 4.84 Å². The monoisotopic (exact) mass is 618 g/mol. The summed E-state index contributed by atoms with van der Waals surface area (Å²) in [6.45, 7) is 4.68. The Morgan fingerprint density at radius 1 is 1.12 bits per heavy atom. The zero-order chi connectivity index (χ0) is 31.2. The number of hydrogen-bond donors (Lipinski definition) is 1. The van der Waals surface area contributed by atoms with Crippen molar-refractivity contribution in [2.45, 2.75) is 45.2 Å². The fourth-order valence-electron chi connectivity index (χ4n) is 5.89. The summed E-state index contributed by atoms with van der Waals surface area (Å²) in [5, 5.41) is 15.2. The van der Waals surface area contributed by atoms with Crippen LogP contribution in [0.15, 0.2) is 52.6 Å². The summed E-state index contributed by atoms with van der Waals surface area (Å²) in [5.41, 5.74) is 6.67. The number of aryl methyl sites for hydroxylation is 1. The second-order valence-corrected chi connectivity index (χ2v) is 17.1. The number of carboxylic acids is 1. The van der Waals surface area contributed by atoms with Crippen molar-refractivity contribution in [1.29, 1.82) is 0 Å². The number of nitrogens with zero attached hydrogens (tertiary/aromatic N) is 3. The quantitative estimate of drug-likeness (QED) is 0.272. The van der Waals surface area contributed by atoms with E-state index < -0.39 is 31.8 Å². The van der Waals surface area contributed by atoms with Crippen molar-refractivity contribution in [2.75, 3.05) is 33.1 Å². The van der Waals surface area contributed by atoms with Gasteiger partial charge in [-0.05, 0) is 69.1 Å². The molecule has 3 aliphatic rings. The zero-order valence-electron chi connectivity index (χ0n) is 25.3. The lowest BCUT2D eigenvalue weighted by molar-refractivity contribution is -0.462. The molecule has 0 saturated carbocycles. The van der Waals surface area contributed by atoms with Crippen molar-refractivity contribution >= 4 is 65.3 Å². The van der Waals surface area contributed by atoms with Gasteiger partial charge in [0.1, 0.15) is 27.0 Å². The fraction of sp³-hybridized carbons (Fsp3) is 0.344. The third-order valence-corrected chi connectivity index (χ3v) is 12.8. The Morgan fingerprint density at radius 3 is 2.44 bits per heavy atom. The summed E-state index contributed by atoms with van der Waals surface area (Å²) in [6, 6.07) is 6.44. The van der Waals surface area contributed by atoms with Crippen LogP contribution in [0.5, 0.6) is 0 Å². The number of carboxylic acid groups (broad SMARTS) is 1. The molecule has 0 spiro atoms. The molecule has 0 bridgehead atoms. The molecular formula is C32H36N3O6SSi+. The molecule has 43 heavy (non-hydrogen) atoms. The Bertz CT molecular complexity index is 1670. The molecule has 224 valence electrons. The Kier molecular flexibility index (Phi) is 8.15. The van der Waals surface area contributed by atoms with E-state index in [0.29, 0.717) is 23.5 Å². The largest absolute Gasteiger partial charge is 0.477 e. The van der Waals surface area contributed by atoms with Crippen LogP contribution < -0.4 is 10.1 Å². The predicted molar refractivity (Wildman–Crippen MR) is 170 cm³/mol. The number of thiophene rings is 1. The van der Waals surface area contributed by atoms with Gasteiger partial charge in [0.25, 0.3) is 11.8 Å². The minimum absolute atomic E-state index is 0.0183. The fourth-order valence-corrected chi connectivity index (χ4v) is 9.91. The molecule has 0 unspecified atom stereocenters. The van der Waals surface area contributed by atoms with E-state index in [1.54, 1.807) is 0 Å². The number of fused-ring (bicyclic) bond motifs is 2. The average Bonchev–Trinajstić information content (AvgIpc) is 3.51. The van der Waals surface area contributed by atoms with Crippen LogP contribution in [0.2, 0.25) is 13.1 Å². The van der Waals surface area contributed by atoms with Gasteiger partial charge in [-0.2, -0.15) is 0 Å². The average molecular weight is 619 g/mol. The van der Waals surface area contributed by atoms with Crippen molar-refractivity contribution in [2.24, 2.45) is 0 Å². The van der Waals surface area contributed by atoms with Gasteiger partial charge in [-0.1, -0.05) is 19.2 Å². The summed E-state index contributed by atoms with van der Waals surface area (Å²) >= 11 is 1.19. The van der Waals surface area contributed by atoms with Crippen LogP contribution >= 0.6 is 11.3 Å². The highest BCUT2D eigenvalue weighted by atomic mass is 32.1. The first-order valence-electron chi connectivity index (χ1n) is 14.2. The molecule has 0 atom stereocenters. The van der Waals surface area contributed by atoms with Gasteiger partial charge in [0.15, 0.2) is 5.71 Å². The highest BCUT2D eigenvalue weighted by molar-refractivity contribution is 7.12. The SMILES string of the molecule is CN(C)c1ccc2c(c1)[Si](C)(C)C1=CC(=[N+](C)C)C=CC1=C2c1c(CCCC(=O)ON2C(=O)CCC2=O)csc1C(=O)O. The molecule has 1 aromatic carbocycles. The normalized spacial score (nSPS) is 17.1. The molecular weight excluding hydrogens is 583 g/mol. The summed E-state index contributed by atoms with van der Waals surface area (Å²) in [4.78, 5) is 56.1. The van der Waals surface area contributed by atoms with Gasteiger partial charge in [0, 0.05) is 56.8 Å². The third-order valence-electron chi connectivity index (χ3n) is 8.26. The Labute approximate surface area is 256 Å². The predicted octanol–water partition coefficient (Wildman–Crippen LogP) is 3.92. The van der Waals surface area contributed by atoms with Crippen molar-refractivity contribution in [3.8, 4) is 0 Å². The lowest BCUT2D eigenvalue weighted by atomic mass is 9.86. The second kappa shape index (κ2) is 11.5. The topological polar surface area (TPSA) is 107 Å². The number of aromatic carboxylic acids is 1. The van der Waals surface area contributed by atoms with E-state index >= 15 is 0 Å². The summed E-state index contributed by atoms with van der Waals surface area (Å²) in [5.74, 6) is -2.70. The molecule has 3 heterocycles. The third kappa shape index (κ3) is 5.54. The van der Waals surface area contributed by atoms with Crippen LogP contribution in [0, 0.1) is 0 Å². The van der Waals surface area contributed by atoms with Crippen molar-refractivity contribution in [3.05, 3.63) is 74.1 Å². The minimum Gasteiger partial charge on any atom is -0.477 e. The van der Waals surface area contributed by atoms with Crippen LogP contribution in [-0.2, 0) is 25.6 Å². The number of anilines is 1. The maximum atomic E-state index is 12.6. The van der Waals surface area contributed by atoms with Gasteiger partial charge in [-0.15, -0.1) is 16.4 Å². The van der Waals surface area contributed by atoms with Gasteiger partial charge in [0.2, 0.25) is 0 Å². The van der Waals surface area contributed by atoms with Crippen LogP contribution in [0.3, 0.4) is 0 Å². The van der Waals surface area contributed by atoms with E-state index in [2.05, 4.69) is 59.0 Å². The molecule has 1 aliphatic carbocycles. The zero-order valence-corrected chi connectivity index (χ0v) is 27.1. The number of hydrogen-bond acceptors (Lipinski definition) is 7. The molecule has 0 radical (unpaired) electrons. The molecule has 1 saturated heterocycles. The van der Waals surface area contributed by atoms with Crippen molar-refractivity contribution < 1.29 is 33.7 Å². The first-order chi connectivity index (χ1) is 20.3. The lowest BCUT2D eigenvalue weighted by Gasteiger charge is -2.38. The first kappa shape index (κ1) is 30.4. The summed E-state index contributed by atoms with van der Waals surface area (Å²) < 4.78 is 2.08. The molecule has 5 rings (SSSR count). The van der Waals surface area contributed by atoms with Gasteiger partial charge >= 0.3 is 11.9 Å². The maximum absolute atomic E-state index is 12.6. The van der Waals surface area contributed by atoms with Crippen molar-refractivity contribution in [1.82, 2.24) is 5.06 Å². The second-order valence-electron chi connectivity index (χ2n) is 11.9. The number of hydroxylamine groups is 2. The highest BCUT2D eigenvalue weighted by Gasteiger charge is 2.42. The van der Waals surface area contributed by atoms with Gasteiger partial charge in [0.05, 0.1) is 0 Å². The van der Waals surface area contributed by atoms with Gasteiger partial charge < -0.3 is 14.8 Å². The van der Waals surface area contributed by atoms with E-state index in [-0.39, 0.29) is 24.1 Å². The van der Waals surface area contributed by atoms with Crippen molar-refractivity contribution in [3.63, 3.8) is 0 Å². The minimum atomic E-state index is -2.21. The number of allylic oxidation sites excluding steroid dienone is 5. The molecule has 2 aromatic rings. The van der Waals surface area contributed by atoms with Gasteiger partial charge in [-0.25, -0.2) is 14.2 Å². The number of amides is 2. The number of rotatable bonds is 8. The molecule has 2 amide bonds. The van der Waals surface area contributed by atoms with Gasteiger partial charge in [-0.3, -0.25) is 9.59 Å². The molecule has 1 aromatic heterocycles. The molecule has 11 heteroatoms. The van der Waals surface area contributed by atoms with Crippen LogP contribution in [0.25, 0.3) is 5.57 Å². The standard InChI is InChI=1S/C32H35N3O6SSi/c1-33(2)20-10-12-22-24(16-20)43(5,6)25-17-21(34(3)4)11-13-23(25)30(22)29-19(18-42-31(29)32(39)40)8-7-9-28(38)41-35-26(36)14-15-27(35)37/h10-13,16-18H,7-9,14-15H2,1-6H3/p+1. The molecule has 2 aliphatic heterocycles. The lowest BCUT2D eigenvalue weighted by Crippen LogP contribution is -2.49. The number of carbonyl (C=O) groups is 4. The number of imide groups is 1. The van der Waals surface area contributed by atoms with E-state index in [1.807, 2.05) is 33.6 Å². The smallest absolute Gasteiger partial charge is 0.346 e. The van der Waals surface area contributed by atoms with Crippen LogP contribution in [0.1, 0.15) is 52.0 Å². The van der Waals surface area contributed by atoms with E-state index in [9.17, 15) is 24.3 Å². The molecule has 1 N–H and O–H groups in total. The van der Waals surface area contributed by atoms with E-state index in [0.717, 1.165) is 33.7 Å². The van der Waals surface area contributed by atoms with E-state index in [1.165, 1.54) is 21.7 Å². The Balaban J connectivity index is 1.59. The maximum Gasteiger partial charge on any atom is 0.346 e. The molecule has 1 fully saturated rings. The Morgan fingerprint density at radius 2 is 1.81 bits per heavy atom. The highest BCUT2D eigenvalue weighted by Crippen LogP contribution is 2.45. The van der Waals surface area contributed by atoms with Crippen LogP contribution in [0.4, 0.5) is 5.69 Å². The Hall–Kier alpha value is -4.09. The summed E-state index contributed by atoms with van der Waals surface area (Å²) in [6.07, 6.45) is 7.29.